The number of imide groups is 1. The topological polar surface area (TPSA) is 110 Å². The van der Waals surface area contributed by atoms with Crippen molar-refractivity contribution in [2.45, 2.75) is 64.0 Å². The highest BCUT2D eigenvalue weighted by molar-refractivity contribution is 6.05. The first kappa shape index (κ1) is 19.1. The third-order valence-electron chi connectivity index (χ3n) is 5.43. The monoisotopic (exact) mass is 371 g/mol. The maximum Gasteiger partial charge on any atom is 0.255 e. The lowest BCUT2D eigenvalue weighted by molar-refractivity contribution is -0.137. The number of hydrogen-bond donors (Lipinski definition) is 2. The highest BCUT2D eigenvalue weighted by Crippen LogP contribution is 2.34. The molecule has 4 amide bonds. The van der Waals surface area contributed by atoms with Crippen molar-refractivity contribution >= 4 is 23.6 Å². The molecule has 2 heterocycles. The minimum absolute atomic E-state index is 0.213. The molecule has 1 aromatic rings. The summed E-state index contributed by atoms with van der Waals surface area (Å²) >= 11 is 0. The van der Waals surface area contributed by atoms with E-state index < -0.39 is 23.8 Å². The van der Waals surface area contributed by atoms with E-state index in [4.69, 9.17) is 5.73 Å². The van der Waals surface area contributed by atoms with Gasteiger partial charge in [-0.2, -0.15) is 0 Å². The van der Waals surface area contributed by atoms with Gasteiger partial charge < -0.3 is 10.6 Å². The molecule has 0 radical (unpaired) electrons. The van der Waals surface area contributed by atoms with Gasteiger partial charge in [0.05, 0.1) is 5.92 Å². The molecule has 2 unspecified atom stereocenters. The van der Waals surface area contributed by atoms with Crippen LogP contribution in [0.3, 0.4) is 0 Å². The van der Waals surface area contributed by atoms with Crippen molar-refractivity contribution in [1.82, 2.24) is 10.2 Å². The van der Waals surface area contributed by atoms with E-state index in [1.165, 1.54) is 4.90 Å². The average Bonchev–Trinajstić information content (AvgIpc) is 2.96. The van der Waals surface area contributed by atoms with Crippen LogP contribution in [-0.2, 0) is 20.9 Å². The molecule has 1 saturated heterocycles. The first-order chi connectivity index (χ1) is 12.9. The Labute approximate surface area is 158 Å². The van der Waals surface area contributed by atoms with Gasteiger partial charge in [-0.25, -0.2) is 0 Å². The second-order valence-corrected chi connectivity index (χ2v) is 7.22. The van der Waals surface area contributed by atoms with Gasteiger partial charge >= 0.3 is 0 Å². The number of benzene rings is 1. The van der Waals surface area contributed by atoms with Gasteiger partial charge in [-0.1, -0.05) is 38.3 Å². The predicted octanol–water partition coefficient (Wildman–Crippen LogP) is 1.60. The summed E-state index contributed by atoms with van der Waals surface area (Å²) in [7, 11) is 0. The number of piperidine rings is 1. The molecule has 3 rings (SSSR count). The lowest BCUT2D eigenvalue weighted by Gasteiger charge is -2.29. The SMILES string of the molecule is CCCCCC(C(N)=O)c1cccc2c1CN(C1CCC(=O)NC1=O)C2=O. The normalized spacial score (nSPS) is 20.4. The van der Waals surface area contributed by atoms with Gasteiger partial charge in [0.2, 0.25) is 17.7 Å². The number of fused-ring (bicyclic) bond motifs is 1. The smallest absolute Gasteiger partial charge is 0.255 e. The van der Waals surface area contributed by atoms with Crippen LogP contribution in [0.1, 0.15) is 72.9 Å². The van der Waals surface area contributed by atoms with Crippen molar-refractivity contribution in [2.24, 2.45) is 5.73 Å². The summed E-state index contributed by atoms with van der Waals surface area (Å²) in [5.41, 5.74) is 7.72. The zero-order chi connectivity index (χ0) is 19.6. The van der Waals surface area contributed by atoms with E-state index in [9.17, 15) is 19.2 Å². The minimum atomic E-state index is -0.664. The van der Waals surface area contributed by atoms with E-state index in [1.807, 2.05) is 6.07 Å². The fourth-order valence-corrected chi connectivity index (χ4v) is 3.99. The molecule has 27 heavy (non-hydrogen) atoms. The summed E-state index contributed by atoms with van der Waals surface area (Å²) in [4.78, 5) is 50.0. The van der Waals surface area contributed by atoms with Crippen LogP contribution in [0.4, 0.5) is 0 Å². The molecule has 1 aromatic carbocycles. The zero-order valence-corrected chi connectivity index (χ0v) is 15.5. The van der Waals surface area contributed by atoms with E-state index in [0.717, 1.165) is 30.4 Å². The quantitative estimate of drug-likeness (QED) is 0.560. The minimum Gasteiger partial charge on any atom is -0.369 e. The van der Waals surface area contributed by atoms with E-state index in [0.29, 0.717) is 18.4 Å². The van der Waals surface area contributed by atoms with E-state index in [1.54, 1.807) is 12.1 Å². The fourth-order valence-electron chi connectivity index (χ4n) is 3.99. The highest BCUT2D eigenvalue weighted by Gasteiger charge is 2.40. The molecule has 7 nitrogen and oxygen atoms in total. The van der Waals surface area contributed by atoms with Crippen LogP contribution >= 0.6 is 0 Å². The van der Waals surface area contributed by atoms with E-state index >= 15 is 0 Å². The number of carbonyl (C=O) groups excluding carboxylic acids is 4. The van der Waals surface area contributed by atoms with Crippen molar-refractivity contribution in [1.29, 1.82) is 0 Å². The summed E-state index contributed by atoms with van der Waals surface area (Å²) in [5.74, 6) is -1.83. The van der Waals surface area contributed by atoms with Gasteiger partial charge in [0.1, 0.15) is 6.04 Å². The molecule has 0 bridgehead atoms. The molecule has 2 atom stereocenters. The van der Waals surface area contributed by atoms with Crippen LogP contribution in [-0.4, -0.2) is 34.6 Å². The molecule has 7 heteroatoms. The highest BCUT2D eigenvalue weighted by atomic mass is 16.2. The molecule has 0 spiro atoms. The number of nitrogens with two attached hydrogens (primary N) is 1. The van der Waals surface area contributed by atoms with Crippen molar-refractivity contribution in [3.8, 4) is 0 Å². The summed E-state index contributed by atoms with van der Waals surface area (Å²) in [6.45, 7) is 2.35. The molecular formula is C20H25N3O4. The lowest BCUT2D eigenvalue weighted by Crippen LogP contribution is -2.52. The Morgan fingerprint density at radius 1 is 1.30 bits per heavy atom. The van der Waals surface area contributed by atoms with Gasteiger partial charge in [0, 0.05) is 18.5 Å². The Morgan fingerprint density at radius 2 is 2.07 bits per heavy atom. The Morgan fingerprint density at radius 3 is 2.74 bits per heavy atom. The van der Waals surface area contributed by atoms with Crippen LogP contribution in [0.2, 0.25) is 0 Å². The number of primary amides is 1. The predicted molar refractivity (Wildman–Crippen MR) is 98.6 cm³/mol. The number of rotatable bonds is 7. The summed E-state index contributed by atoms with van der Waals surface area (Å²) in [6, 6.07) is 4.66. The van der Waals surface area contributed by atoms with Gasteiger partial charge in [-0.3, -0.25) is 24.5 Å². The maximum atomic E-state index is 12.9. The van der Waals surface area contributed by atoms with Crippen LogP contribution in [0.15, 0.2) is 18.2 Å². The Hall–Kier alpha value is -2.70. The molecule has 0 saturated carbocycles. The Bertz CT molecular complexity index is 789. The summed E-state index contributed by atoms with van der Waals surface area (Å²) < 4.78 is 0. The second kappa shape index (κ2) is 7.90. The number of nitrogens with zero attached hydrogens (tertiary/aromatic N) is 1. The van der Waals surface area contributed by atoms with Crippen LogP contribution < -0.4 is 11.1 Å². The van der Waals surface area contributed by atoms with Gasteiger partial charge in [-0.05, 0) is 30.0 Å². The number of nitrogens with one attached hydrogen (secondary N) is 1. The number of amides is 4. The van der Waals surface area contributed by atoms with Crippen molar-refractivity contribution in [2.75, 3.05) is 0 Å². The lowest BCUT2D eigenvalue weighted by atomic mass is 9.88. The molecule has 2 aliphatic rings. The van der Waals surface area contributed by atoms with Gasteiger partial charge in [0.15, 0.2) is 0 Å². The molecule has 144 valence electrons. The molecule has 0 aromatic heterocycles. The van der Waals surface area contributed by atoms with Gasteiger partial charge in [-0.15, -0.1) is 0 Å². The molecular weight excluding hydrogens is 346 g/mol. The zero-order valence-electron chi connectivity index (χ0n) is 15.5. The van der Waals surface area contributed by atoms with Crippen LogP contribution in [0.25, 0.3) is 0 Å². The maximum absolute atomic E-state index is 12.9. The first-order valence-electron chi connectivity index (χ1n) is 9.49. The summed E-state index contributed by atoms with van der Waals surface area (Å²) in [5, 5.41) is 2.30. The van der Waals surface area contributed by atoms with Crippen LogP contribution in [0.5, 0.6) is 0 Å². The largest absolute Gasteiger partial charge is 0.369 e. The first-order valence-corrected chi connectivity index (χ1v) is 9.49. The number of carbonyl (C=O) groups is 4. The van der Waals surface area contributed by atoms with Gasteiger partial charge in [0.25, 0.3) is 5.91 Å². The average molecular weight is 371 g/mol. The third-order valence-corrected chi connectivity index (χ3v) is 5.43. The van der Waals surface area contributed by atoms with Crippen molar-refractivity contribution < 1.29 is 19.2 Å². The molecule has 2 aliphatic heterocycles. The Balaban J connectivity index is 1.87. The molecule has 1 fully saturated rings. The third kappa shape index (κ3) is 3.72. The molecule has 0 aliphatic carbocycles. The van der Waals surface area contributed by atoms with E-state index in [2.05, 4.69) is 12.2 Å². The number of hydrogen-bond acceptors (Lipinski definition) is 4. The second-order valence-electron chi connectivity index (χ2n) is 7.22. The van der Waals surface area contributed by atoms with E-state index in [-0.39, 0.29) is 24.8 Å². The standard InChI is InChI=1S/C20H25N3O4/c1-2-3-4-6-13(18(21)25)12-7-5-8-14-15(12)11-23(20(14)27)16-9-10-17(24)22-19(16)26/h5,7-8,13,16H,2-4,6,9-11H2,1H3,(H2,21,25)(H,22,24,26). The molecule has 3 N–H and O–H groups in total. The Kier molecular flexibility index (Phi) is 5.58. The van der Waals surface area contributed by atoms with Crippen molar-refractivity contribution in [3.05, 3.63) is 34.9 Å². The van der Waals surface area contributed by atoms with Crippen molar-refractivity contribution in [3.63, 3.8) is 0 Å². The van der Waals surface area contributed by atoms with Crippen LogP contribution in [0, 0.1) is 0 Å². The fraction of sp³-hybridized carbons (Fsp3) is 0.500. The number of unbranched alkanes of at least 4 members (excludes halogenated alkanes) is 2. The summed E-state index contributed by atoms with van der Waals surface area (Å²) in [6.07, 6.45) is 4.12.